The molecule has 3 aliphatic rings. The van der Waals surface area contributed by atoms with E-state index in [-0.39, 0.29) is 36.3 Å². The number of carboxylic acid groups (broad SMARTS) is 1. The van der Waals surface area contributed by atoms with Crippen molar-refractivity contribution in [3.8, 4) is 5.75 Å². The second kappa shape index (κ2) is 28.4. The number of benzene rings is 2. The van der Waals surface area contributed by atoms with E-state index in [1.54, 1.807) is 107 Å². The number of unbranched alkanes of at least 4 members (excludes halogenated alkanes) is 1. The number of rotatable bonds is 22. The van der Waals surface area contributed by atoms with E-state index in [0.717, 1.165) is 44.3 Å². The van der Waals surface area contributed by atoms with Crippen LogP contribution in [-0.4, -0.2) is 164 Å². The lowest BCUT2D eigenvalue weighted by Crippen LogP contribution is -2.61. The van der Waals surface area contributed by atoms with Gasteiger partial charge in [-0.25, -0.2) is 19.0 Å². The topological polar surface area (TPSA) is 342 Å². The zero-order valence-corrected chi connectivity index (χ0v) is 46.6. The number of aromatic nitrogens is 1. The Morgan fingerprint density at radius 1 is 0.793 bits per heavy atom. The van der Waals surface area contributed by atoms with E-state index in [1.807, 2.05) is 4.90 Å². The highest BCUT2D eigenvalue weighted by Gasteiger charge is 2.48. The third-order valence-corrected chi connectivity index (χ3v) is 13.0. The number of anilines is 2. The lowest BCUT2D eigenvalue weighted by atomic mass is 9.91. The second-order valence-corrected chi connectivity index (χ2v) is 21.9. The van der Waals surface area contributed by atoms with Crippen LogP contribution in [0.25, 0.3) is 6.08 Å². The summed E-state index contributed by atoms with van der Waals surface area (Å²) >= 11 is 0. The average Bonchev–Trinajstić information content (AvgIpc) is 3.85. The first kappa shape index (κ1) is 62.9. The molecule has 0 radical (unpaired) electrons. The quantitative estimate of drug-likeness (QED) is 0.0302. The molecule has 2 fully saturated rings. The number of piperidine rings is 1. The summed E-state index contributed by atoms with van der Waals surface area (Å²) in [5, 5.41) is 54.1. The maximum absolute atomic E-state index is 13.5. The molecule has 3 aromatic rings. The Kier molecular flexibility index (Phi) is 21.8. The number of carbonyl (C=O) groups is 9. The van der Waals surface area contributed by atoms with Crippen LogP contribution in [0.4, 0.5) is 21.0 Å². The molecule has 0 saturated carbocycles. The minimum atomic E-state index is -2.00. The molecule has 3 aliphatic heterocycles. The molecule has 8 amide bonds. The molecule has 2 aromatic carbocycles. The molecule has 0 spiro atoms. The molecule has 25 nitrogen and oxygen atoms in total. The van der Waals surface area contributed by atoms with Crippen LogP contribution in [0, 0.1) is 5.92 Å². The number of hydrogen-bond acceptors (Lipinski definition) is 16. The number of aliphatic carboxylic acids is 1. The van der Waals surface area contributed by atoms with Crippen molar-refractivity contribution in [1.82, 2.24) is 25.8 Å². The molecular weight excluding hydrogens is 1070 g/mol. The first-order valence-electron chi connectivity index (χ1n) is 26.9. The monoisotopic (exact) mass is 1140 g/mol. The van der Waals surface area contributed by atoms with Gasteiger partial charge < -0.3 is 65.5 Å². The zero-order chi connectivity index (χ0) is 59.9. The van der Waals surface area contributed by atoms with Gasteiger partial charge in [0.15, 0.2) is 25.0 Å². The number of ether oxygens (including phenoxy) is 4. The van der Waals surface area contributed by atoms with Gasteiger partial charge in [-0.05, 0) is 115 Å². The average molecular weight is 1140 g/mol. The van der Waals surface area contributed by atoms with Crippen LogP contribution >= 0.6 is 0 Å². The van der Waals surface area contributed by atoms with Crippen molar-refractivity contribution < 1.29 is 87.1 Å². The molecule has 2 saturated heterocycles. The number of aliphatic hydroxyl groups is 3. The number of amides is 8. The number of pyridine rings is 1. The smallest absolute Gasteiger partial charge is 0.412 e. The van der Waals surface area contributed by atoms with Crippen molar-refractivity contribution in [3.63, 3.8) is 0 Å². The van der Waals surface area contributed by atoms with E-state index < -0.39 is 103 Å². The van der Waals surface area contributed by atoms with Crippen molar-refractivity contribution in [1.29, 1.82) is 0 Å². The van der Waals surface area contributed by atoms with Crippen LogP contribution in [-0.2, 0) is 49.5 Å². The Bertz CT molecular complexity index is 2870. The summed E-state index contributed by atoms with van der Waals surface area (Å²) in [6.07, 6.45) is 1.26. The molecule has 4 heterocycles. The van der Waals surface area contributed by atoms with Crippen LogP contribution < -0.4 is 35.9 Å². The van der Waals surface area contributed by atoms with Crippen molar-refractivity contribution in [2.45, 2.75) is 135 Å². The summed E-state index contributed by atoms with van der Waals surface area (Å²) < 4.78 is 23.5. The molecule has 9 N–H and O–H groups in total. The Hall–Kier alpha value is -8.26. The summed E-state index contributed by atoms with van der Waals surface area (Å²) in [5.74, 6) is -4.90. The fourth-order valence-corrected chi connectivity index (χ4v) is 9.00. The summed E-state index contributed by atoms with van der Waals surface area (Å²) in [6, 6.07) is 13.4. The van der Waals surface area contributed by atoms with Crippen molar-refractivity contribution in [2.75, 3.05) is 43.4 Å². The first-order chi connectivity index (χ1) is 38.7. The number of carbonyl (C=O) groups excluding carboxylic acids is 8. The van der Waals surface area contributed by atoms with Crippen molar-refractivity contribution >= 4 is 71.0 Å². The number of nitrogens with one attached hydrogen (secondary N) is 5. The van der Waals surface area contributed by atoms with Crippen LogP contribution in [0.3, 0.4) is 0 Å². The van der Waals surface area contributed by atoms with Crippen LogP contribution in [0.5, 0.6) is 5.75 Å². The molecule has 1 aromatic heterocycles. The van der Waals surface area contributed by atoms with E-state index in [9.17, 15) is 63.6 Å². The van der Waals surface area contributed by atoms with Gasteiger partial charge in [0.1, 0.15) is 41.3 Å². The third-order valence-electron chi connectivity index (χ3n) is 13.0. The first-order valence-corrected chi connectivity index (χ1v) is 26.9. The van der Waals surface area contributed by atoms with Gasteiger partial charge in [0.25, 0.3) is 17.7 Å². The largest absolute Gasteiger partial charge is 0.479 e. The molecular formula is C57H73N8O17+. The SMILES string of the molecule is CC(C)(C)OC(=O)NC[C@@H](C(=O)NCCC(=O)Nc1cc(C[n+]2cccc(/C=C/C(=O)NCCCCC3CCN(C(=O)c4cccc(NC(=O)OC(C)(C)C)c4)CC3)c2)ccc1O[C@@H]1O[C@H](C(=O)O)[C@@H](O)[C@H](O)[C@H]1O)N1C(=O)C=CC1=O. The van der Waals surface area contributed by atoms with Gasteiger partial charge >= 0.3 is 18.2 Å². The summed E-state index contributed by atoms with van der Waals surface area (Å²) in [7, 11) is 0. The van der Waals surface area contributed by atoms with Crippen LogP contribution in [0.15, 0.2) is 85.2 Å². The minimum absolute atomic E-state index is 0.0168. The molecule has 6 atom stereocenters. The molecule has 442 valence electrons. The Labute approximate surface area is 474 Å². The van der Waals surface area contributed by atoms with Crippen LogP contribution in [0.2, 0.25) is 0 Å². The van der Waals surface area contributed by atoms with E-state index in [1.165, 1.54) is 18.2 Å². The maximum atomic E-state index is 13.5. The van der Waals surface area contributed by atoms with E-state index in [4.69, 9.17) is 18.9 Å². The van der Waals surface area contributed by atoms with Gasteiger partial charge in [0.05, 0.1) is 12.2 Å². The molecule has 25 heteroatoms. The number of aliphatic hydroxyl groups excluding tert-OH is 3. The number of hydrogen-bond donors (Lipinski definition) is 9. The Morgan fingerprint density at radius 3 is 2.17 bits per heavy atom. The number of likely N-dealkylation sites (tertiary alicyclic amines) is 1. The highest BCUT2D eigenvalue weighted by atomic mass is 16.7. The lowest BCUT2D eigenvalue weighted by Gasteiger charge is -2.38. The van der Waals surface area contributed by atoms with Crippen molar-refractivity contribution in [2.24, 2.45) is 5.92 Å². The van der Waals surface area contributed by atoms with Crippen molar-refractivity contribution in [3.05, 3.63) is 102 Å². The normalized spacial score (nSPS) is 19.7. The highest BCUT2D eigenvalue weighted by molar-refractivity contribution is 6.15. The summed E-state index contributed by atoms with van der Waals surface area (Å²) in [5.41, 5.74) is 0.653. The van der Waals surface area contributed by atoms with Gasteiger partial charge in [0.2, 0.25) is 24.0 Å². The number of imide groups is 1. The van der Waals surface area contributed by atoms with E-state index >= 15 is 0 Å². The predicted octanol–water partition coefficient (Wildman–Crippen LogP) is 2.76. The highest BCUT2D eigenvalue weighted by Crippen LogP contribution is 2.32. The predicted molar refractivity (Wildman–Crippen MR) is 293 cm³/mol. The maximum Gasteiger partial charge on any atom is 0.412 e. The van der Waals surface area contributed by atoms with Gasteiger partial charge in [-0.3, -0.25) is 39.0 Å². The second-order valence-electron chi connectivity index (χ2n) is 21.9. The molecule has 82 heavy (non-hydrogen) atoms. The summed E-state index contributed by atoms with van der Waals surface area (Å²) in [4.78, 5) is 117. The number of nitrogens with zero attached hydrogens (tertiary/aromatic N) is 3. The minimum Gasteiger partial charge on any atom is -0.479 e. The molecule has 6 rings (SSSR count). The summed E-state index contributed by atoms with van der Waals surface area (Å²) in [6.45, 7) is 11.2. The van der Waals surface area contributed by atoms with Crippen LogP contribution in [0.1, 0.15) is 102 Å². The molecule has 0 bridgehead atoms. The lowest BCUT2D eigenvalue weighted by molar-refractivity contribution is -0.688. The fourth-order valence-electron chi connectivity index (χ4n) is 9.00. The molecule has 0 aliphatic carbocycles. The van der Waals surface area contributed by atoms with Gasteiger partial charge in [-0.2, -0.15) is 0 Å². The third kappa shape index (κ3) is 18.9. The fraction of sp³-hybridized carbons (Fsp3) is 0.474. The Morgan fingerprint density at radius 2 is 1.49 bits per heavy atom. The number of alkyl carbamates (subject to hydrolysis) is 1. The zero-order valence-electron chi connectivity index (χ0n) is 46.6. The number of carboxylic acids is 1. The van der Waals surface area contributed by atoms with Gasteiger partial charge in [-0.1, -0.05) is 18.9 Å². The molecule has 0 unspecified atom stereocenters. The van der Waals surface area contributed by atoms with Gasteiger partial charge in [0, 0.05) is 79.3 Å². The van der Waals surface area contributed by atoms with Gasteiger partial charge in [-0.15, -0.1) is 0 Å². The standard InChI is InChI=1S/C57H72N8O17/c1-56(2,3)81-54(77)60-31-40(65-44(68)19-20-45(65)69)50(73)59-25-21-43(67)62-39-29-36(15-17-41(39)79-53-48(72)46(70)47(71)49(80-53)52(75)76)33-63-26-10-12-35(32-63)16-18-42(66)58-24-8-7-11-34-22-27-64(28-23-34)51(74)37-13-9-14-38(30-37)61-55(78)82-57(4,5)6/h9-10,12-20,26,29-30,32,34,40,46-49,53,70-72H,7-8,11,21-25,27-28,31,33H2,1-6H3,(H5-,58,59,60,61,62,66,67,73,75,76,77,78)/p+1/b18-16+/t40-,46-,47-,48+,49-,53+/m0/s1. The Balaban J connectivity index is 1.01. The van der Waals surface area contributed by atoms with E-state index in [0.29, 0.717) is 52.8 Å². The van der Waals surface area contributed by atoms with E-state index in [2.05, 4.69) is 26.6 Å².